The molecule has 0 aliphatic carbocycles. The Hall–Kier alpha value is -1.59. The molecule has 0 radical (unpaired) electrons. The number of carbonyl (C=O) groups excluding carboxylic acids is 3. The van der Waals surface area contributed by atoms with Crippen LogP contribution in [-0.2, 0) is 28.6 Å². The highest BCUT2D eigenvalue weighted by Gasteiger charge is 2.19. The van der Waals surface area contributed by atoms with E-state index in [-0.39, 0.29) is 31.1 Å². The van der Waals surface area contributed by atoms with Gasteiger partial charge in [0, 0.05) is 19.3 Å². The van der Waals surface area contributed by atoms with Gasteiger partial charge in [-0.1, -0.05) is 285 Å². The van der Waals surface area contributed by atoms with Crippen molar-refractivity contribution in [2.75, 3.05) is 13.2 Å². The average Bonchev–Trinajstić information content (AvgIpc) is 3.27. The molecule has 0 N–H and O–H groups in total. The Morgan fingerprint density at radius 2 is 0.524 bits per heavy atom. The molecule has 0 unspecified atom stereocenters. The van der Waals surface area contributed by atoms with Crippen molar-refractivity contribution in [3.8, 4) is 0 Å². The highest BCUT2D eigenvalue weighted by Crippen LogP contribution is 2.18. The van der Waals surface area contributed by atoms with Gasteiger partial charge in [0.2, 0.25) is 0 Å². The number of unbranched alkanes of at least 4 members (excludes halogenated alkanes) is 39. The van der Waals surface area contributed by atoms with Gasteiger partial charge in [0.25, 0.3) is 0 Å². The number of ether oxygens (including phenoxy) is 3. The van der Waals surface area contributed by atoms with E-state index in [1.165, 1.54) is 218 Å². The summed E-state index contributed by atoms with van der Waals surface area (Å²) in [6.45, 7) is 9.04. The van der Waals surface area contributed by atoms with Crippen LogP contribution in [0.4, 0.5) is 0 Å². The Kier molecular flexibility index (Phi) is 50.1. The zero-order valence-corrected chi connectivity index (χ0v) is 43.0. The van der Waals surface area contributed by atoms with Gasteiger partial charge >= 0.3 is 17.9 Å². The summed E-state index contributed by atoms with van der Waals surface area (Å²) in [4.78, 5) is 38.1. The fourth-order valence-corrected chi connectivity index (χ4v) is 8.75. The molecule has 0 heterocycles. The van der Waals surface area contributed by atoms with E-state index >= 15 is 0 Å². The van der Waals surface area contributed by atoms with Crippen LogP contribution in [0.15, 0.2) is 0 Å². The molecule has 63 heavy (non-hydrogen) atoms. The average molecular weight is 892 g/mol. The lowest BCUT2D eigenvalue weighted by Gasteiger charge is -2.18. The predicted octanol–water partition coefficient (Wildman–Crippen LogP) is 18.6. The van der Waals surface area contributed by atoms with E-state index in [0.29, 0.717) is 19.3 Å². The van der Waals surface area contributed by atoms with Crippen LogP contribution in [0.25, 0.3) is 0 Å². The highest BCUT2D eigenvalue weighted by molar-refractivity contribution is 5.71. The first-order valence-corrected chi connectivity index (χ1v) is 28.4. The lowest BCUT2D eigenvalue weighted by Crippen LogP contribution is -2.30. The third-order valence-corrected chi connectivity index (χ3v) is 13.0. The van der Waals surface area contributed by atoms with E-state index in [0.717, 1.165) is 63.7 Å². The Morgan fingerprint density at radius 3 is 0.778 bits per heavy atom. The molecule has 0 saturated carbocycles. The summed E-state index contributed by atoms with van der Waals surface area (Å²) < 4.78 is 16.9. The van der Waals surface area contributed by atoms with Gasteiger partial charge in [-0.2, -0.15) is 0 Å². The summed E-state index contributed by atoms with van der Waals surface area (Å²) in [6, 6.07) is 0. The van der Waals surface area contributed by atoms with Gasteiger partial charge in [0.1, 0.15) is 13.2 Å². The van der Waals surface area contributed by atoms with Gasteiger partial charge in [-0.05, 0) is 25.2 Å². The minimum Gasteiger partial charge on any atom is -0.462 e. The molecule has 0 spiro atoms. The van der Waals surface area contributed by atoms with Crippen molar-refractivity contribution in [1.82, 2.24) is 0 Å². The molecule has 6 nitrogen and oxygen atoms in total. The van der Waals surface area contributed by atoms with Gasteiger partial charge in [-0.25, -0.2) is 0 Å². The number of esters is 3. The van der Waals surface area contributed by atoms with Crippen LogP contribution in [0.5, 0.6) is 0 Å². The van der Waals surface area contributed by atoms with Crippen LogP contribution in [-0.4, -0.2) is 37.2 Å². The molecule has 0 bridgehead atoms. The Morgan fingerprint density at radius 1 is 0.302 bits per heavy atom. The lowest BCUT2D eigenvalue weighted by molar-refractivity contribution is -0.167. The standard InChI is InChI=1S/C57H110O6/c1-5-7-9-11-13-15-17-19-20-21-22-23-24-26-28-33-37-41-45-49-56(59)62-52-54(63-57(60)50-46-42-38-34-30-29-31-35-39-43-47-53(3)4)51-61-55(58)48-44-40-36-32-27-25-18-16-14-12-10-8-6-2/h53-54H,5-52H2,1-4H3/t54-/m0/s1. The highest BCUT2D eigenvalue weighted by atomic mass is 16.6. The van der Waals surface area contributed by atoms with Crippen molar-refractivity contribution in [3.63, 3.8) is 0 Å². The zero-order valence-electron chi connectivity index (χ0n) is 43.0. The minimum atomic E-state index is -0.761. The third-order valence-electron chi connectivity index (χ3n) is 13.0. The van der Waals surface area contributed by atoms with Crippen LogP contribution >= 0.6 is 0 Å². The third kappa shape index (κ3) is 51.3. The molecule has 0 amide bonds. The summed E-state index contributed by atoms with van der Waals surface area (Å²) in [6.07, 6.45) is 55.2. The molecular formula is C57H110O6. The molecule has 0 fully saturated rings. The van der Waals surface area contributed by atoms with Gasteiger partial charge in [-0.15, -0.1) is 0 Å². The second-order valence-corrected chi connectivity index (χ2v) is 20.1. The molecule has 0 aliphatic rings. The van der Waals surface area contributed by atoms with E-state index in [1.54, 1.807) is 0 Å². The van der Waals surface area contributed by atoms with E-state index in [9.17, 15) is 14.4 Å². The molecule has 0 aliphatic heterocycles. The summed E-state index contributed by atoms with van der Waals surface area (Å²) in [5.74, 6) is -0.0225. The fraction of sp³-hybridized carbons (Fsp3) is 0.947. The quantitative estimate of drug-likeness (QED) is 0.0344. The molecule has 0 aromatic carbocycles. The summed E-state index contributed by atoms with van der Waals surface area (Å²) in [7, 11) is 0. The first kappa shape index (κ1) is 61.4. The normalized spacial score (nSPS) is 12.0. The van der Waals surface area contributed by atoms with Crippen molar-refractivity contribution in [2.45, 2.75) is 329 Å². The number of hydrogen-bond acceptors (Lipinski definition) is 6. The minimum absolute atomic E-state index is 0.0623. The van der Waals surface area contributed by atoms with E-state index < -0.39 is 6.10 Å². The molecule has 1 atom stereocenters. The van der Waals surface area contributed by atoms with E-state index in [4.69, 9.17) is 14.2 Å². The van der Waals surface area contributed by atoms with Gasteiger partial charge in [0.05, 0.1) is 0 Å². The van der Waals surface area contributed by atoms with Crippen LogP contribution in [0.3, 0.4) is 0 Å². The van der Waals surface area contributed by atoms with Crippen LogP contribution in [0.2, 0.25) is 0 Å². The predicted molar refractivity (Wildman–Crippen MR) is 270 cm³/mol. The van der Waals surface area contributed by atoms with Crippen molar-refractivity contribution in [2.24, 2.45) is 5.92 Å². The first-order chi connectivity index (χ1) is 30.9. The van der Waals surface area contributed by atoms with Crippen molar-refractivity contribution >= 4 is 17.9 Å². The largest absolute Gasteiger partial charge is 0.462 e. The molecule has 0 saturated heterocycles. The molecule has 6 heteroatoms. The first-order valence-electron chi connectivity index (χ1n) is 28.4. The number of carbonyl (C=O) groups is 3. The molecule has 0 rings (SSSR count). The maximum Gasteiger partial charge on any atom is 0.306 e. The maximum absolute atomic E-state index is 12.8. The van der Waals surface area contributed by atoms with E-state index in [1.807, 2.05) is 0 Å². The lowest BCUT2D eigenvalue weighted by atomic mass is 10.0. The van der Waals surface area contributed by atoms with E-state index in [2.05, 4.69) is 27.7 Å². The van der Waals surface area contributed by atoms with Crippen molar-refractivity contribution < 1.29 is 28.6 Å². The second kappa shape index (κ2) is 51.4. The van der Waals surface area contributed by atoms with Crippen LogP contribution < -0.4 is 0 Å². The fourth-order valence-electron chi connectivity index (χ4n) is 8.75. The van der Waals surface area contributed by atoms with Gasteiger partial charge in [-0.3, -0.25) is 14.4 Å². The Labute approximate surface area is 393 Å². The molecule has 374 valence electrons. The van der Waals surface area contributed by atoms with Gasteiger partial charge < -0.3 is 14.2 Å². The topological polar surface area (TPSA) is 78.9 Å². The van der Waals surface area contributed by atoms with Crippen molar-refractivity contribution in [1.29, 1.82) is 0 Å². The molecule has 0 aromatic rings. The Balaban J connectivity index is 4.26. The number of rotatable bonds is 52. The van der Waals surface area contributed by atoms with Gasteiger partial charge in [0.15, 0.2) is 6.10 Å². The van der Waals surface area contributed by atoms with Crippen LogP contribution in [0.1, 0.15) is 323 Å². The molecule has 0 aromatic heterocycles. The molecular weight excluding hydrogens is 781 g/mol. The maximum atomic E-state index is 12.8. The number of hydrogen-bond donors (Lipinski definition) is 0. The second-order valence-electron chi connectivity index (χ2n) is 20.1. The SMILES string of the molecule is CCCCCCCCCCCCCCCCCCCCCC(=O)OC[C@H](COC(=O)CCCCCCCCCCCCCCC)OC(=O)CCCCCCCCCCCCC(C)C. The van der Waals surface area contributed by atoms with Crippen LogP contribution in [0, 0.1) is 5.92 Å². The monoisotopic (exact) mass is 891 g/mol. The summed E-state index contributed by atoms with van der Waals surface area (Å²) in [5.41, 5.74) is 0. The summed E-state index contributed by atoms with van der Waals surface area (Å²) >= 11 is 0. The van der Waals surface area contributed by atoms with Crippen molar-refractivity contribution in [3.05, 3.63) is 0 Å². The zero-order chi connectivity index (χ0) is 45.9. The summed E-state index contributed by atoms with van der Waals surface area (Å²) in [5, 5.41) is 0. The smallest absolute Gasteiger partial charge is 0.306 e. The Bertz CT molecular complexity index is 949.